The van der Waals surface area contributed by atoms with E-state index >= 15 is 0 Å². The highest BCUT2D eigenvalue weighted by molar-refractivity contribution is 7.99. The van der Waals surface area contributed by atoms with E-state index in [-0.39, 0.29) is 12.6 Å². The number of benzene rings is 1. The predicted octanol–water partition coefficient (Wildman–Crippen LogP) is 1.38. The van der Waals surface area contributed by atoms with Crippen LogP contribution in [0, 0.1) is 0 Å². The minimum Gasteiger partial charge on any atom is -0.390 e. The third kappa shape index (κ3) is 3.49. The molecule has 0 aliphatic rings. The monoisotopic (exact) mass is 240 g/mol. The van der Waals surface area contributed by atoms with Crippen molar-refractivity contribution in [2.75, 3.05) is 19.3 Å². The molecule has 0 amide bonds. The van der Waals surface area contributed by atoms with Gasteiger partial charge in [-0.2, -0.15) is 0 Å². The topological polar surface area (TPSA) is 58.3 Å². The van der Waals surface area contributed by atoms with Gasteiger partial charge in [0.2, 0.25) is 0 Å². The summed E-state index contributed by atoms with van der Waals surface area (Å²) in [5.74, 6) is 1.07. The third-order valence-electron chi connectivity index (χ3n) is 2.49. The molecule has 0 aromatic heterocycles. The molecule has 0 aliphatic carbocycles. The van der Waals surface area contributed by atoms with E-state index in [0.29, 0.717) is 0 Å². The van der Waals surface area contributed by atoms with Crippen molar-refractivity contribution in [3.05, 3.63) is 29.8 Å². The number of nitrogens with two attached hydrogens (primary N) is 1. The van der Waals surface area contributed by atoms with Crippen LogP contribution >= 0.6 is 11.8 Å². The number of hydrogen-bond acceptors (Lipinski definition) is 4. The first-order valence-electron chi connectivity index (χ1n) is 5.51. The van der Waals surface area contributed by atoms with Crippen LogP contribution in [0.5, 0.6) is 0 Å². The number of thioether (sulfide) groups is 1. The van der Waals surface area contributed by atoms with E-state index in [2.05, 4.69) is 24.4 Å². The number of hydrogen-bond donors (Lipinski definition) is 3. The molecule has 0 spiro atoms. The second kappa shape index (κ2) is 6.91. The van der Waals surface area contributed by atoms with Gasteiger partial charge in [0.25, 0.3) is 0 Å². The third-order valence-corrected chi connectivity index (χ3v) is 3.38. The van der Waals surface area contributed by atoms with Crippen molar-refractivity contribution in [1.82, 2.24) is 5.32 Å². The molecule has 0 heterocycles. The molecule has 0 fully saturated rings. The summed E-state index contributed by atoms with van der Waals surface area (Å²) < 4.78 is 0. The first-order valence-corrected chi connectivity index (χ1v) is 6.49. The van der Waals surface area contributed by atoms with Crippen LogP contribution in [0.1, 0.15) is 18.5 Å². The van der Waals surface area contributed by atoms with E-state index in [0.717, 1.165) is 11.3 Å². The minimum atomic E-state index is -0.547. The second-order valence-electron chi connectivity index (χ2n) is 3.57. The molecule has 4 heteroatoms. The molecule has 0 aliphatic heterocycles. The van der Waals surface area contributed by atoms with Gasteiger partial charge in [-0.25, -0.2) is 0 Å². The molecular formula is C12H20N2OS. The Morgan fingerprint density at radius 1 is 1.38 bits per heavy atom. The standard InChI is InChI=1S/C12H20N2OS/c1-3-16-10-6-4-9(5-7-10)12(14-2)11(15)8-13/h4-7,11-12,14-15H,3,8,13H2,1-2H3. The van der Waals surface area contributed by atoms with Crippen LogP contribution in [0.4, 0.5) is 0 Å². The summed E-state index contributed by atoms with van der Waals surface area (Å²) >= 11 is 1.81. The van der Waals surface area contributed by atoms with Gasteiger partial charge >= 0.3 is 0 Å². The van der Waals surface area contributed by atoms with Crippen LogP contribution in [0.25, 0.3) is 0 Å². The maximum atomic E-state index is 9.75. The Morgan fingerprint density at radius 3 is 2.44 bits per heavy atom. The lowest BCUT2D eigenvalue weighted by Crippen LogP contribution is -2.34. The lowest BCUT2D eigenvalue weighted by atomic mass is 10.0. The van der Waals surface area contributed by atoms with Crippen molar-refractivity contribution >= 4 is 11.8 Å². The summed E-state index contributed by atoms with van der Waals surface area (Å²) in [5.41, 5.74) is 6.54. The Kier molecular flexibility index (Phi) is 5.84. The SMILES string of the molecule is CCSc1ccc(C(NC)C(O)CN)cc1. The lowest BCUT2D eigenvalue weighted by Gasteiger charge is -2.21. The van der Waals surface area contributed by atoms with Gasteiger partial charge in [0, 0.05) is 11.4 Å². The van der Waals surface area contributed by atoms with Crippen LogP contribution in [-0.2, 0) is 0 Å². The molecule has 16 heavy (non-hydrogen) atoms. The average Bonchev–Trinajstić information content (AvgIpc) is 2.32. The van der Waals surface area contributed by atoms with Crippen LogP contribution < -0.4 is 11.1 Å². The number of rotatable bonds is 6. The predicted molar refractivity (Wildman–Crippen MR) is 69.7 cm³/mol. The van der Waals surface area contributed by atoms with E-state index in [1.165, 1.54) is 4.90 Å². The minimum absolute atomic E-state index is 0.0920. The molecule has 3 nitrogen and oxygen atoms in total. The van der Waals surface area contributed by atoms with Crippen molar-refractivity contribution in [1.29, 1.82) is 0 Å². The van der Waals surface area contributed by atoms with Gasteiger partial charge in [0.05, 0.1) is 12.1 Å². The van der Waals surface area contributed by atoms with Crippen molar-refractivity contribution in [2.45, 2.75) is 24.0 Å². The molecule has 2 atom stereocenters. The molecule has 0 saturated heterocycles. The average molecular weight is 240 g/mol. The first kappa shape index (κ1) is 13.5. The number of aliphatic hydroxyl groups excluding tert-OH is 1. The van der Waals surface area contributed by atoms with Crippen LogP contribution in [0.15, 0.2) is 29.2 Å². The lowest BCUT2D eigenvalue weighted by molar-refractivity contribution is 0.139. The summed E-state index contributed by atoms with van der Waals surface area (Å²) in [4.78, 5) is 1.25. The Morgan fingerprint density at radius 2 is 2.00 bits per heavy atom. The quantitative estimate of drug-likeness (QED) is 0.658. The summed E-state index contributed by atoms with van der Waals surface area (Å²) in [6, 6.07) is 8.15. The van der Waals surface area contributed by atoms with Gasteiger partial charge in [0.1, 0.15) is 0 Å². The number of likely N-dealkylation sites (N-methyl/N-ethyl adjacent to an activating group) is 1. The fourth-order valence-corrected chi connectivity index (χ4v) is 2.32. The van der Waals surface area contributed by atoms with Crippen molar-refractivity contribution in [3.8, 4) is 0 Å². The highest BCUT2D eigenvalue weighted by Gasteiger charge is 2.17. The molecule has 1 rings (SSSR count). The molecule has 0 bridgehead atoms. The Labute approximate surface area is 101 Å². The van der Waals surface area contributed by atoms with Crippen LogP contribution in [0.3, 0.4) is 0 Å². The van der Waals surface area contributed by atoms with Gasteiger partial charge in [-0.15, -0.1) is 11.8 Å². The molecule has 0 radical (unpaired) electrons. The molecule has 4 N–H and O–H groups in total. The Balaban J connectivity index is 2.78. The number of aliphatic hydroxyl groups is 1. The van der Waals surface area contributed by atoms with Crippen LogP contribution in [-0.4, -0.2) is 30.6 Å². The van der Waals surface area contributed by atoms with Crippen LogP contribution in [0.2, 0.25) is 0 Å². The van der Waals surface area contributed by atoms with E-state index < -0.39 is 6.10 Å². The van der Waals surface area contributed by atoms with Crippen molar-refractivity contribution in [3.63, 3.8) is 0 Å². The zero-order chi connectivity index (χ0) is 12.0. The highest BCUT2D eigenvalue weighted by atomic mass is 32.2. The largest absolute Gasteiger partial charge is 0.390 e. The highest BCUT2D eigenvalue weighted by Crippen LogP contribution is 2.22. The maximum absolute atomic E-state index is 9.75. The molecule has 1 aromatic carbocycles. The Bertz CT molecular complexity index is 302. The fraction of sp³-hybridized carbons (Fsp3) is 0.500. The summed E-state index contributed by atoms with van der Waals surface area (Å²) in [6.45, 7) is 2.39. The molecule has 1 aromatic rings. The van der Waals surface area contributed by atoms with Crippen molar-refractivity contribution < 1.29 is 5.11 Å². The summed E-state index contributed by atoms with van der Waals surface area (Å²) in [6.07, 6.45) is -0.547. The smallest absolute Gasteiger partial charge is 0.0856 e. The van der Waals surface area contributed by atoms with Gasteiger partial charge in [-0.3, -0.25) is 0 Å². The van der Waals surface area contributed by atoms with Gasteiger partial charge in [-0.05, 0) is 30.5 Å². The van der Waals surface area contributed by atoms with E-state index in [4.69, 9.17) is 5.73 Å². The van der Waals surface area contributed by atoms with E-state index in [9.17, 15) is 5.11 Å². The Hall–Kier alpha value is -0.550. The molecule has 0 saturated carbocycles. The first-order chi connectivity index (χ1) is 7.72. The van der Waals surface area contributed by atoms with Gasteiger partial charge < -0.3 is 16.2 Å². The molecule has 90 valence electrons. The molecular weight excluding hydrogens is 220 g/mol. The zero-order valence-corrected chi connectivity index (χ0v) is 10.6. The normalized spacial score (nSPS) is 14.8. The summed E-state index contributed by atoms with van der Waals surface area (Å²) in [7, 11) is 1.83. The zero-order valence-electron chi connectivity index (χ0n) is 9.81. The summed E-state index contributed by atoms with van der Waals surface area (Å²) in [5, 5.41) is 12.8. The van der Waals surface area contributed by atoms with Gasteiger partial charge in [0.15, 0.2) is 0 Å². The second-order valence-corrected chi connectivity index (χ2v) is 4.91. The van der Waals surface area contributed by atoms with Gasteiger partial charge in [-0.1, -0.05) is 19.1 Å². The number of nitrogens with one attached hydrogen (secondary N) is 1. The maximum Gasteiger partial charge on any atom is 0.0856 e. The van der Waals surface area contributed by atoms with Crippen molar-refractivity contribution in [2.24, 2.45) is 5.73 Å². The molecule has 2 unspecified atom stereocenters. The fourth-order valence-electron chi connectivity index (χ4n) is 1.66. The van der Waals surface area contributed by atoms with E-state index in [1.54, 1.807) is 0 Å². The van der Waals surface area contributed by atoms with E-state index in [1.807, 2.05) is 30.9 Å².